The first-order valence-corrected chi connectivity index (χ1v) is 20.0. The van der Waals surface area contributed by atoms with Crippen LogP contribution in [-0.4, -0.2) is 132 Å². The van der Waals surface area contributed by atoms with Crippen LogP contribution in [0.2, 0.25) is 0 Å². The number of aromatic nitrogens is 8. The van der Waals surface area contributed by atoms with Gasteiger partial charge in [-0.1, -0.05) is 6.92 Å². The lowest BCUT2D eigenvalue weighted by atomic mass is 10.1. The van der Waals surface area contributed by atoms with Crippen LogP contribution in [0.15, 0.2) is 25.3 Å². The van der Waals surface area contributed by atoms with Gasteiger partial charge < -0.3 is 69.2 Å². The molecule has 26 heteroatoms. The van der Waals surface area contributed by atoms with Gasteiger partial charge in [0.1, 0.15) is 60.3 Å². The first-order valence-electron chi connectivity index (χ1n) is 14.8. The molecule has 0 spiro atoms. The van der Waals surface area contributed by atoms with Crippen molar-refractivity contribution >= 4 is 71.0 Å². The van der Waals surface area contributed by atoms with Crippen LogP contribution in [0.5, 0.6) is 0 Å². The van der Waals surface area contributed by atoms with E-state index >= 15 is 0 Å². The van der Waals surface area contributed by atoms with Crippen molar-refractivity contribution in [2.24, 2.45) is 5.92 Å². The number of aliphatic hydroxyl groups is 4. The van der Waals surface area contributed by atoms with E-state index in [1.165, 1.54) is 34.4 Å². The molecule has 2 aliphatic heterocycles. The number of hydrogen-bond acceptors (Lipinski definition) is 20. The third kappa shape index (κ3) is 7.80. The summed E-state index contributed by atoms with van der Waals surface area (Å²) in [6, 6.07) is 0. The Balaban J connectivity index is 0.940. The average Bonchev–Trinajstić information content (AvgIpc) is 3.84. The third-order valence-corrected chi connectivity index (χ3v) is 11.0. The van der Waals surface area contributed by atoms with Gasteiger partial charge in [-0.05, 0) is 23.6 Å². The molecule has 0 bridgehead atoms. The molecule has 2 fully saturated rings. The number of rotatable bonds is 14. The summed E-state index contributed by atoms with van der Waals surface area (Å²) in [5.41, 5.74) is 12.8. The van der Waals surface area contributed by atoms with E-state index in [4.69, 9.17) is 62.6 Å². The standard InChI is InChI=1S/C24H34N10O12P2S2/c1-10(2-41-47(39,49)43-4-11-15(35)17(37)23(45-11)33-8-31-13-19(25)27-6-29-21(13)33)3-42-48(40,50)44-5-12-16(36)18(38)24(46-12)34-9-32-14-20(26)28-7-30-22(14)34/h6-12,15-18,23-24,35-38H,2-5H2,1H3,(H,39,49)(H,40,50)(H2,25,27,29)(H2,26,28,30). The van der Waals surface area contributed by atoms with E-state index in [9.17, 15) is 30.2 Å². The number of imidazole rings is 2. The van der Waals surface area contributed by atoms with Gasteiger partial charge in [-0.25, -0.2) is 29.9 Å². The highest BCUT2D eigenvalue weighted by atomic mass is 32.5. The summed E-state index contributed by atoms with van der Waals surface area (Å²) >= 11 is 10.1. The highest BCUT2D eigenvalue weighted by molar-refractivity contribution is 8.07. The lowest BCUT2D eigenvalue weighted by Crippen LogP contribution is -2.33. The second-order valence-electron chi connectivity index (χ2n) is 11.5. The summed E-state index contributed by atoms with van der Waals surface area (Å²) in [5, 5.41) is 42.4. The van der Waals surface area contributed by atoms with Crippen LogP contribution in [0, 0.1) is 5.92 Å². The van der Waals surface area contributed by atoms with Crippen LogP contribution < -0.4 is 11.5 Å². The summed E-state index contributed by atoms with van der Waals surface area (Å²) in [6.07, 6.45) is -4.94. The van der Waals surface area contributed by atoms with Gasteiger partial charge in [0.2, 0.25) is 0 Å². The zero-order valence-electron chi connectivity index (χ0n) is 25.9. The van der Waals surface area contributed by atoms with Gasteiger partial charge in [0.25, 0.3) is 0 Å². The molecule has 2 saturated heterocycles. The highest BCUT2D eigenvalue weighted by Crippen LogP contribution is 2.47. The summed E-state index contributed by atoms with van der Waals surface area (Å²) in [7, 11) is 0. The zero-order valence-corrected chi connectivity index (χ0v) is 29.3. The molecule has 6 heterocycles. The normalized spacial score (nSPS) is 30.1. The van der Waals surface area contributed by atoms with E-state index in [1.54, 1.807) is 6.92 Å². The highest BCUT2D eigenvalue weighted by Gasteiger charge is 2.46. The lowest BCUT2D eigenvalue weighted by Gasteiger charge is -2.23. The van der Waals surface area contributed by atoms with Crippen LogP contribution in [0.1, 0.15) is 19.4 Å². The molecule has 10 unspecified atom stereocenters. The van der Waals surface area contributed by atoms with E-state index in [0.717, 1.165) is 0 Å². The number of nitrogens with zero attached hydrogens (tertiary/aromatic N) is 8. The predicted octanol–water partition coefficient (Wildman–Crippen LogP) is -1.79. The monoisotopic (exact) mass is 780 g/mol. The quantitative estimate of drug-likeness (QED) is 0.0655. The molecule has 0 amide bonds. The second-order valence-corrected chi connectivity index (χ2v) is 17.2. The molecule has 22 nitrogen and oxygen atoms in total. The van der Waals surface area contributed by atoms with Crippen molar-refractivity contribution < 1.29 is 57.8 Å². The Morgan fingerprint density at radius 3 is 1.50 bits per heavy atom. The van der Waals surface area contributed by atoms with Gasteiger partial charge >= 0.3 is 13.4 Å². The summed E-state index contributed by atoms with van der Waals surface area (Å²) < 4.78 is 35.8. The van der Waals surface area contributed by atoms with Gasteiger partial charge in [0.15, 0.2) is 35.4 Å². The van der Waals surface area contributed by atoms with E-state index < -0.39 is 81.6 Å². The van der Waals surface area contributed by atoms with E-state index in [2.05, 4.69) is 29.9 Å². The van der Waals surface area contributed by atoms with Gasteiger partial charge in [-0.15, -0.1) is 0 Å². The van der Waals surface area contributed by atoms with Crippen molar-refractivity contribution in [2.45, 2.75) is 56.0 Å². The Labute approximate surface area is 292 Å². The molecule has 4 aromatic rings. The molecule has 0 saturated carbocycles. The third-order valence-electron chi connectivity index (χ3n) is 7.85. The number of ether oxygens (including phenoxy) is 2. The van der Waals surface area contributed by atoms with Gasteiger partial charge in [0.05, 0.1) is 39.1 Å². The van der Waals surface area contributed by atoms with Crippen molar-refractivity contribution in [3.05, 3.63) is 25.3 Å². The number of fused-ring (bicyclic) bond motifs is 2. The van der Waals surface area contributed by atoms with Crippen LogP contribution in [-0.2, 0) is 51.2 Å². The zero-order chi connectivity index (χ0) is 36.0. The Morgan fingerprint density at radius 1 is 0.700 bits per heavy atom. The summed E-state index contributed by atoms with van der Waals surface area (Å²) in [5.74, 6) is -0.232. The van der Waals surface area contributed by atoms with Crippen molar-refractivity contribution in [3.63, 3.8) is 0 Å². The largest absolute Gasteiger partial charge is 0.387 e. The van der Waals surface area contributed by atoms with Crippen LogP contribution in [0.25, 0.3) is 22.3 Å². The number of anilines is 2. The first-order chi connectivity index (χ1) is 23.7. The minimum absolute atomic E-state index is 0.128. The van der Waals surface area contributed by atoms with Gasteiger partial charge in [-0.2, -0.15) is 0 Å². The van der Waals surface area contributed by atoms with E-state index in [1.807, 2.05) is 0 Å². The number of nitrogen functional groups attached to an aromatic ring is 2. The molecule has 0 aromatic carbocycles. The fourth-order valence-electron chi connectivity index (χ4n) is 5.21. The SMILES string of the molecule is CC(COP(O)(=S)OCC1OC(n2cnc3c(N)ncnc32)C(O)C1O)COP(O)(=S)OCC1OC(n2cnc3c(N)ncnc32)C(O)C1O. The summed E-state index contributed by atoms with van der Waals surface area (Å²) in [6.45, 7) is -7.31. The van der Waals surface area contributed by atoms with Crippen molar-refractivity contribution in [1.82, 2.24) is 39.0 Å². The molecule has 6 rings (SSSR count). The first kappa shape index (κ1) is 37.3. The van der Waals surface area contributed by atoms with Crippen molar-refractivity contribution in [3.8, 4) is 0 Å². The Morgan fingerprint density at radius 2 is 1.10 bits per heavy atom. The molecule has 2 aliphatic rings. The number of aliphatic hydroxyl groups excluding tert-OH is 4. The molecule has 10 N–H and O–H groups in total. The molecule has 274 valence electrons. The topological polar surface area (TPSA) is 316 Å². The Kier molecular flexibility index (Phi) is 11.1. The molecule has 0 aliphatic carbocycles. The smallest absolute Gasteiger partial charge is 0.324 e. The number of nitrogens with two attached hydrogens (primary N) is 2. The Bertz CT molecular complexity index is 1790. The van der Waals surface area contributed by atoms with Crippen LogP contribution >= 0.6 is 13.4 Å². The van der Waals surface area contributed by atoms with Crippen molar-refractivity contribution in [2.75, 3.05) is 37.9 Å². The maximum atomic E-state index is 10.6. The fraction of sp³-hybridized carbons (Fsp3) is 0.583. The van der Waals surface area contributed by atoms with Gasteiger partial charge in [-0.3, -0.25) is 9.13 Å². The maximum Gasteiger partial charge on any atom is 0.324 e. The van der Waals surface area contributed by atoms with E-state index in [-0.39, 0.29) is 47.2 Å². The second kappa shape index (κ2) is 14.9. The average molecular weight is 781 g/mol. The maximum absolute atomic E-state index is 10.6. The molecule has 0 radical (unpaired) electrons. The van der Waals surface area contributed by atoms with E-state index in [0.29, 0.717) is 0 Å². The molecule has 4 aromatic heterocycles. The van der Waals surface area contributed by atoms with Crippen LogP contribution in [0.3, 0.4) is 0 Å². The summed E-state index contributed by atoms with van der Waals surface area (Å²) in [4.78, 5) is 45.3. The van der Waals surface area contributed by atoms with Crippen molar-refractivity contribution in [1.29, 1.82) is 0 Å². The minimum atomic E-state index is -3.87. The minimum Gasteiger partial charge on any atom is -0.387 e. The Hall–Kier alpha value is -2.48. The molecular formula is C24H34N10O12P2S2. The lowest BCUT2D eigenvalue weighted by molar-refractivity contribution is -0.0501. The molecular weight excluding hydrogens is 746 g/mol. The fourth-order valence-corrected chi connectivity index (χ4v) is 7.64. The number of hydrogen-bond donors (Lipinski definition) is 8. The van der Waals surface area contributed by atoms with Gasteiger partial charge in [0, 0.05) is 5.92 Å². The predicted molar refractivity (Wildman–Crippen MR) is 177 cm³/mol. The molecule has 50 heavy (non-hydrogen) atoms. The molecule has 10 atom stereocenters. The van der Waals surface area contributed by atoms with Crippen LogP contribution in [0.4, 0.5) is 11.6 Å².